The molecule has 0 fully saturated rings. The van der Waals surface area contributed by atoms with Gasteiger partial charge < -0.3 is 10.4 Å². The van der Waals surface area contributed by atoms with Gasteiger partial charge in [-0.25, -0.2) is 0 Å². The highest BCUT2D eigenvalue weighted by molar-refractivity contribution is 6.34. The van der Waals surface area contributed by atoms with Crippen molar-refractivity contribution >= 4 is 29.4 Å². The number of rotatable bonds is 9. The van der Waals surface area contributed by atoms with Crippen LogP contribution < -0.4 is 10.6 Å². The third kappa shape index (κ3) is 6.51. The summed E-state index contributed by atoms with van der Waals surface area (Å²) in [5.74, 6) is -2.24. The second-order valence-electron chi connectivity index (χ2n) is 7.23. The second-order valence-corrected chi connectivity index (χ2v) is 7.64. The molecule has 0 aliphatic rings. The number of hydrogen-bond donors (Lipinski definition) is 3. The summed E-state index contributed by atoms with van der Waals surface area (Å²) in [6, 6.07) is 23.0. The first-order valence-corrected chi connectivity index (χ1v) is 10.5. The monoisotopic (exact) mass is 450 g/mol. The fourth-order valence-electron chi connectivity index (χ4n) is 3.19. The van der Waals surface area contributed by atoms with E-state index in [1.54, 1.807) is 18.2 Å². The van der Waals surface area contributed by atoms with Crippen LogP contribution in [-0.2, 0) is 16.1 Å². The van der Waals surface area contributed by atoms with E-state index >= 15 is 0 Å². The number of nitrogens with one attached hydrogen (secondary N) is 2. The van der Waals surface area contributed by atoms with Gasteiger partial charge >= 0.3 is 5.97 Å². The second kappa shape index (κ2) is 11.2. The Morgan fingerprint density at radius 3 is 2.16 bits per heavy atom. The SMILES string of the molecule is O=C(CC[C@H](NCc1ccccc1)C(=O)O)NC(=O)c1ccc(-c2ccccc2)cc1Cl. The van der Waals surface area contributed by atoms with Gasteiger partial charge in [0.15, 0.2) is 0 Å². The van der Waals surface area contributed by atoms with Gasteiger partial charge in [0.05, 0.1) is 10.6 Å². The maximum Gasteiger partial charge on any atom is 0.320 e. The van der Waals surface area contributed by atoms with E-state index in [9.17, 15) is 19.5 Å². The Hall–Kier alpha value is -3.48. The van der Waals surface area contributed by atoms with Gasteiger partial charge in [-0.1, -0.05) is 78.3 Å². The maximum absolute atomic E-state index is 12.5. The van der Waals surface area contributed by atoms with Gasteiger partial charge in [-0.2, -0.15) is 0 Å². The molecule has 0 unspecified atom stereocenters. The van der Waals surface area contributed by atoms with Crippen molar-refractivity contribution in [1.29, 1.82) is 0 Å². The predicted molar refractivity (Wildman–Crippen MR) is 123 cm³/mol. The van der Waals surface area contributed by atoms with Crippen molar-refractivity contribution in [2.24, 2.45) is 0 Å². The summed E-state index contributed by atoms with van der Waals surface area (Å²) >= 11 is 6.27. The maximum atomic E-state index is 12.5. The van der Waals surface area contributed by atoms with Crippen molar-refractivity contribution in [3.63, 3.8) is 0 Å². The Balaban J connectivity index is 1.54. The van der Waals surface area contributed by atoms with Crippen LogP contribution in [0.1, 0.15) is 28.8 Å². The van der Waals surface area contributed by atoms with Gasteiger partial charge in [-0.05, 0) is 35.2 Å². The van der Waals surface area contributed by atoms with Crippen molar-refractivity contribution in [2.75, 3.05) is 0 Å². The molecule has 2 amide bonds. The quantitative estimate of drug-likeness (QED) is 0.452. The molecule has 0 heterocycles. The average Bonchev–Trinajstić information content (AvgIpc) is 2.80. The van der Waals surface area contributed by atoms with Crippen LogP contribution in [0.4, 0.5) is 0 Å². The molecule has 0 spiro atoms. The van der Waals surface area contributed by atoms with E-state index in [4.69, 9.17) is 11.6 Å². The molecule has 3 rings (SSSR count). The van der Waals surface area contributed by atoms with E-state index < -0.39 is 23.8 Å². The fourth-order valence-corrected chi connectivity index (χ4v) is 3.46. The Labute approximate surface area is 191 Å². The number of carbonyl (C=O) groups is 3. The first-order valence-electron chi connectivity index (χ1n) is 10.1. The number of halogens is 1. The van der Waals surface area contributed by atoms with Crippen LogP contribution in [0.2, 0.25) is 5.02 Å². The molecular weight excluding hydrogens is 428 g/mol. The van der Waals surface area contributed by atoms with Crippen molar-refractivity contribution in [3.05, 3.63) is 95.0 Å². The van der Waals surface area contributed by atoms with Crippen LogP contribution in [0.3, 0.4) is 0 Å². The molecule has 0 saturated heterocycles. The summed E-state index contributed by atoms with van der Waals surface area (Å²) in [6.07, 6.45) is -0.0772. The largest absolute Gasteiger partial charge is 0.480 e. The molecule has 0 saturated carbocycles. The molecule has 0 radical (unpaired) electrons. The average molecular weight is 451 g/mol. The van der Waals surface area contributed by atoms with E-state index in [1.807, 2.05) is 60.7 Å². The molecule has 0 aliphatic heterocycles. The van der Waals surface area contributed by atoms with E-state index in [2.05, 4.69) is 10.6 Å². The number of aliphatic carboxylic acids is 1. The molecule has 7 heteroatoms. The number of benzene rings is 3. The minimum absolute atomic E-state index is 0.0436. The highest BCUT2D eigenvalue weighted by Crippen LogP contribution is 2.25. The summed E-state index contributed by atoms with van der Waals surface area (Å²) in [4.78, 5) is 36.2. The first-order chi connectivity index (χ1) is 15.4. The van der Waals surface area contributed by atoms with Gasteiger partial charge in [0, 0.05) is 13.0 Å². The number of imide groups is 1. The molecule has 3 aromatic carbocycles. The van der Waals surface area contributed by atoms with Crippen LogP contribution in [0.5, 0.6) is 0 Å². The van der Waals surface area contributed by atoms with Crippen LogP contribution in [0.15, 0.2) is 78.9 Å². The van der Waals surface area contributed by atoms with Crippen LogP contribution in [0.25, 0.3) is 11.1 Å². The molecule has 0 aliphatic carbocycles. The lowest BCUT2D eigenvalue weighted by Gasteiger charge is -2.14. The van der Waals surface area contributed by atoms with Gasteiger partial charge in [0.2, 0.25) is 5.91 Å². The summed E-state index contributed by atoms with van der Waals surface area (Å²) in [5, 5.41) is 14.8. The van der Waals surface area contributed by atoms with Crippen molar-refractivity contribution in [1.82, 2.24) is 10.6 Å². The van der Waals surface area contributed by atoms with Crippen LogP contribution in [-0.4, -0.2) is 28.9 Å². The highest BCUT2D eigenvalue weighted by atomic mass is 35.5. The lowest BCUT2D eigenvalue weighted by atomic mass is 10.0. The van der Waals surface area contributed by atoms with Crippen molar-refractivity contribution in [2.45, 2.75) is 25.4 Å². The molecule has 1 atom stereocenters. The lowest BCUT2D eigenvalue weighted by Crippen LogP contribution is -2.38. The first kappa shape index (κ1) is 23.2. The van der Waals surface area contributed by atoms with Gasteiger partial charge in [0.1, 0.15) is 6.04 Å². The topological polar surface area (TPSA) is 95.5 Å². The highest BCUT2D eigenvalue weighted by Gasteiger charge is 2.20. The number of carboxylic acid groups (broad SMARTS) is 1. The molecule has 6 nitrogen and oxygen atoms in total. The third-order valence-corrected chi connectivity index (χ3v) is 5.24. The van der Waals surface area contributed by atoms with E-state index in [0.29, 0.717) is 6.54 Å². The van der Waals surface area contributed by atoms with Crippen LogP contribution >= 0.6 is 11.6 Å². The summed E-state index contributed by atoms with van der Waals surface area (Å²) in [6.45, 7) is 0.363. The zero-order valence-corrected chi connectivity index (χ0v) is 18.0. The standard InChI is InChI=1S/C25H23ClN2O4/c26-21-15-19(18-9-5-2-6-10-18)11-12-20(21)24(30)28-23(29)14-13-22(25(31)32)27-16-17-7-3-1-4-8-17/h1-12,15,22,27H,13-14,16H2,(H,31,32)(H,28,29,30)/t22-/m0/s1. The Morgan fingerprint density at radius 2 is 1.53 bits per heavy atom. The molecule has 0 bridgehead atoms. The molecule has 3 aromatic rings. The molecule has 32 heavy (non-hydrogen) atoms. The lowest BCUT2D eigenvalue weighted by molar-refractivity contribution is -0.139. The van der Waals surface area contributed by atoms with Gasteiger partial charge in [0.25, 0.3) is 5.91 Å². The normalized spacial score (nSPS) is 11.5. The van der Waals surface area contributed by atoms with E-state index in [-0.39, 0.29) is 23.4 Å². The van der Waals surface area contributed by atoms with Gasteiger partial charge in [-0.15, -0.1) is 0 Å². The molecule has 3 N–H and O–H groups in total. The van der Waals surface area contributed by atoms with Crippen LogP contribution in [0, 0.1) is 0 Å². The predicted octanol–water partition coefficient (Wildman–Crippen LogP) is 4.29. The molecule has 0 aromatic heterocycles. The minimum atomic E-state index is -1.06. The Bertz CT molecular complexity index is 1090. The third-order valence-electron chi connectivity index (χ3n) is 4.93. The summed E-state index contributed by atoms with van der Waals surface area (Å²) < 4.78 is 0. The zero-order chi connectivity index (χ0) is 22.9. The Morgan fingerprint density at radius 1 is 0.875 bits per heavy atom. The van der Waals surface area contributed by atoms with E-state index in [0.717, 1.165) is 16.7 Å². The smallest absolute Gasteiger partial charge is 0.320 e. The summed E-state index contributed by atoms with van der Waals surface area (Å²) in [5.41, 5.74) is 2.93. The summed E-state index contributed by atoms with van der Waals surface area (Å²) in [7, 11) is 0. The minimum Gasteiger partial charge on any atom is -0.480 e. The van der Waals surface area contributed by atoms with Gasteiger partial charge in [-0.3, -0.25) is 19.7 Å². The number of amides is 2. The number of carboxylic acids is 1. The number of hydrogen-bond acceptors (Lipinski definition) is 4. The Kier molecular flexibility index (Phi) is 8.14. The molecule has 164 valence electrons. The fraction of sp³-hybridized carbons (Fsp3) is 0.160. The number of carbonyl (C=O) groups excluding carboxylic acids is 2. The van der Waals surface area contributed by atoms with Crippen molar-refractivity contribution < 1.29 is 19.5 Å². The van der Waals surface area contributed by atoms with E-state index in [1.165, 1.54) is 0 Å². The molecular formula is C25H23ClN2O4. The zero-order valence-electron chi connectivity index (χ0n) is 17.3. The van der Waals surface area contributed by atoms with Crippen molar-refractivity contribution in [3.8, 4) is 11.1 Å².